The average Bonchev–Trinajstić information content (AvgIpc) is 3.14. The maximum atomic E-state index is 12.9. The van der Waals surface area contributed by atoms with Crippen LogP contribution in [0.4, 0.5) is 5.13 Å². The molecule has 1 aliphatic rings. The second-order valence-corrected chi connectivity index (χ2v) is 7.97. The van der Waals surface area contributed by atoms with E-state index in [4.69, 9.17) is 10.2 Å². The summed E-state index contributed by atoms with van der Waals surface area (Å²) in [5, 5.41) is 2.56. The number of likely N-dealkylation sites (tertiary alicyclic amines) is 1. The molecule has 2 aromatic heterocycles. The molecule has 144 valence electrons. The van der Waals surface area contributed by atoms with Crippen molar-refractivity contribution in [2.75, 3.05) is 18.8 Å². The molecular weight excluding hydrogens is 374 g/mol. The molecule has 1 aromatic carbocycles. The molecule has 1 fully saturated rings. The van der Waals surface area contributed by atoms with Crippen LogP contribution in [0.3, 0.4) is 0 Å². The molecule has 28 heavy (non-hydrogen) atoms. The normalized spacial score (nSPS) is 16.1. The molecule has 0 atom stereocenters. The van der Waals surface area contributed by atoms with Crippen molar-refractivity contribution in [3.63, 3.8) is 0 Å². The Morgan fingerprint density at radius 2 is 1.93 bits per heavy atom. The third-order valence-corrected chi connectivity index (χ3v) is 6.02. The van der Waals surface area contributed by atoms with Gasteiger partial charge in [0, 0.05) is 36.0 Å². The Bertz CT molecular complexity index is 1050. The molecule has 3 heterocycles. The summed E-state index contributed by atoms with van der Waals surface area (Å²) >= 11 is 1.43. The number of aromatic nitrogens is 1. The van der Waals surface area contributed by atoms with E-state index in [0.717, 1.165) is 18.5 Å². The Morgan fingerprint density at radius 1 is 1.21 bits per heavy atom. The van der Waals surface area contributed by atoms with E-state index in [9.17, 15) is 9.59 Å². The quantitative estimate of drug-likeness (QED) is 0.735. The van der Waals surface area contributed by atoms with Crippen LogP contribution >= 0.6 is 11.3 Å². The molecule has 0 aliphatic carbocycles. The summed E-state index contributed by atoms with van der Waals surface area (Å²) in [6, 6.07) is 12.9. The number of anilines is 1. The van der Waals surface area contributed by atoms with Crippen molar-refractivity contribution in [2.24, 2.45) is 0 Å². The zero-order chi connectivity index (χ0) is 19.7. The summed E-state index contributed by atoms with van der Waals surface area (Å²) in [4.78, 5) is 30.9. The minimum absolute atomic E-state index is 0.0927. The van der Waals surface area contributed by atoms with Crippen LogP contribution in [0.1, 0.15) is 40.4 Å². The first kappa shape index (κ1) is 18.4. The number of hydrogen-bond acceptors (Lipinski definition) is 6. The van der Waals surface area contributed by atoms with Gasteiger partial charge in [-0.05, 0) is 25.3 Å². The van der Waals surface area contributed by atoms with Crippen LogP contribution in [0.5, 0.6) is 0 Å². The van der Waals surface area contributed by atoms with Gasteiger partial charge >= 0.3 is 0 Å². The highest BCUT2D eigenvalue weighted by Crippen LogP contribution is 2.42. The minimum Gasteiger partial charge on any atom is -0.456 e. The molecule has 0 bridgehead atoms. The molecule has 3 aromatic rings. The Kier molecular flexibility index (Phi) is 4.77. The molecule has 0 spiro atoms. The van der Waals surface area contributed by atoms with Crippen molar-refractivity contribution in [3.05, 3.63) is 80.8 Å². The first-order valence-corrected chi connectivity index (χ1v) is 10.0. The van der Waals surface area contributed by atoms with E-state index < -0.39 is 0 Å². The summed E-state index contributed by atoms with van der Waals surface area (Å²) in [6.45, 7) is 2.76. The van der Waals surface area contributed by atoms with Gasteiger partial charge < -0.3 is 15.1 Å². The topological polar surface area (TPSA) is 89.4 Å². The Hall–Kier alpha value is -2.93. The van der Waals surface area contributed by atoms with Crippen LogP contribution in [0, 0.1) is 6.92 Å². The zero-order valence-corrected chi connectivity index (χ0v) is 16.4. The molecule has 0 saturated carbocycles. The summed E-state index contributed by atoms with van der Waals surface area (Å²) in [6.07, 6.45) is 1.45. The molecule has 1 aliphatic heterocycles. The number of carbonyl (C=O) groups excluding carboxylic acids is 1. The van der Waals surface area contributed by atoms with Gasteiger partial charge in [-0.25, -0.2) is 4.98 Å². The molecule has 1 amide bonds. The summed E-state index contributed by atoms with van der Waals surface area (Å²) < 4.78 is 5.48. The molecule has 0 radical (unpaired) electrons. The molecular formula is C21H21N3O3S. The first-order valence-electron chi connectivity index (χ1n) is 9.16. The second kappa shape index (κ2) is 7.24. The standard InChI is InChI=1S/C21H21N3O3S/c1-14-11-16(25)12-17(27-14)19(26)24-9-7-21(8-10-24,15-5-3-2-4-6-15)18-13-28-20(22)23-18/h2-6,11-13H,7-10H2,1H3,(H2,22,23). The zero-order valence-electron chi connectivity index (χ0n) is 15.6. The SMILES string of the molecule is Cc1cc(=O)cc(C(=O)N2CCC(c3ccccc3)(c3csc(N)n3)CC2)o1. The largest absolute Gasteiger partial charge is 0.456 e. The lowest BCUT2D eigenvalue weighted by atomic mass is 9.70. The summed E-state index contributed by atoms with van der Waals surface area (Å²) in [7, 11) is 0. The van der Waals surface area contributed by atoms with Gasteiger partial charge in [0.2, 0.25) is 0 Å². The van der Waals surface area contributed by atoms with Crippen LogP contribution in [0.25, 0.3) is 0 Å². The number of amides is 1. The second-order valence-electron chi connectivity index (χ2n) is 7.08. The number of piperidine rings is 1. The highest BCUT2D eigenvalue weighted by Gasteiger charge is 2.41. The minimum atomic E-state index is -0.278. The van der Waals surface area contributed by atoms with Crippen molar-refractivity contribution in [1.29, 1.82) is 0 Å². The van der Waals surface area contributed by atoms with Crippen molar-refractivity contribution in [1.82, 2.24) is 9.88 Å². The fraction of sp³-hybridized carbons (Fsp3) is 0.286. The van der Waals surface area contributed by atoms with Gasteiger partial charge in [-0.3, -0.25) is 9.59 Å². The lowest BCUT2D eigenvalue weighted by Gasteiger charge is -2.41. The number of thiazole rings is 1. The first-order chi connectivity index (χ1) is 13.5. The molecule has 4 rings (SSSR count). The van der Waals surface area contributed by atoms with E-state index in [0.29, 0.717) is 24.0 Å². The number of nitrogen functional groups attached to an aromatic ring is 1. The van der Waals surface area contributed by atoms with Gasteiger partial charge in [-0.1, -0.05) is 30.3 Å². The Morgan fingerprint density at radius 3 is 2.54 bits per heavy atom. The Labute approximate surface area is 166 Å². The average molecular weight is 395 g/mol. The van der Waals surface area contributed by atoms with Crippen molar-refractivity contribution < 1.29 is 9.21 Å². The highest BCUT2D eigenvalue weighted by atomic mass is 32.1. The van der Waals surface area contributed by atoms with Gasteiger partial charge in [0.15, 0.2) is 16.3 Å². The van der Waals surface area contributed by atoms with Crippen LogP contribution in [-0.2, 0) is 5.41 Å². The van der Waals surface area contributed by atoms with Crippen molar-refractivity contribution in [3.8, 4) is 0 Å². The molecule has 6 nitrogen and oxygen atoms in total. The molecule has 7 heteroatoms. The highest BCUT2D eigenvalue weighted by molar-refractivity contribution is 7.13. The molecule has 2 N–H and O–H groups in total. The van der Waals surface area contributed by atoms with E-state index in [-0.39, 0.29) is 22.5 Å². The van der Waals surface area contributed by atoms with E-state index in [1.54, 1.807) is 11.8 Å². The van der Waals surface area contributed by atoms with Crippen LogP contribution in [-0.4, -0.2) is 28.9 Å². The maximum absolute atomic E-state index is 12.9. The monoisotopic (exact) mass is 395 g/mol. The van der Waals surface area contributed by atoms with E-state index in [1.807, 2.05) is 23.6 Å². The summed E-state index contributed by atoms with van der Waals surface area (Å²) in [5.41, 5.74) is 7.53. The van der Waals surface area contributed by atoms with Gasteiger partial charge in [0.1, 0.15) is 5.76 Å². The van der Waals surface area contributed by atoms with Gasteiger partial charge in [-0.15, -0.1) is 11.3 Å². The third kappa shape index (κ3) is 3.33. The molecule has 1 saturated heterocycles. The fourth-order valence-electron chi connectivity index (χ4n) is 3.91. The summed E-state index contributed by atoms with van der Waals surface area (Å²) in [5.74, 6) is 0.278. The van der Waals surface area contributed by atoms with Crippen molar-refractivity contribution >= 4 is 22.4 Å². The van der Waals surface area contributed by atoms with Gasteiger partial charge in [-0.2, -0.15) is 0 Å². The van der Waals surface area contributed by atoms with Crippen LogP contribution in [0.2, 0.25) is 0 Å². The number of benzene rings is 1. The van der Waals surface area contributed by atoms with Gasteiger partial charge in [0.25, 0.3) is 5.91 Å². The number of hydrogen-bond donors (Lipinski definition) is 1. The number of aryl methyl sites for hydroxylation is 1. The van der Waals surface area contributed by atoms with Crippen LogP contribution < -0.4 is 11.2 Å². The number of nitrogens with zero attached hydrogens (tertiary/aromatic N) is 2. The van der Waals surface area contributed by atoms with E-state index in [2.05, 4.69) is 17.1 Å². The van der Waals surface area contributed by atoms with Gasteiger partial charge in [0.05, 0.1) is 5.69 Å². The number of rotatable bonds is 3. The van der Waals surface area contributed by atoms with Crippen molar-refractivity contribution in [2.45, 2.75) is 25.2 Å². The Balaban J connectivity index is 1.62. The lowest BCUT2D eigenvalue weighted by Crippen LogP contribution is -2.46. The predicted molar refractivity (Wildman–Crippen MR) is 109 cm³/mol. The number of nitrogens with two attached hydrogens (primary N) is 1. The van der Waals surface area contributed by atoms with E-state index in [1.165, 1.54) is 29.0 Å². The smallest absolute Gasteiger partial charge is 0.289 e. The predicted octanol–water partition coefficient (Wildman–Crippen LogP) is 3.21. The lowest BCUT2D eigenvalue weighted by molar-refractivity contribution is 0.0647. The number of carbonyl (C=O) groups is 1. The third-order valence-electron chi connectivity index (χ3n) is 5.34. The maximum Gasteiger partial charge on any atom is 0.289 e. The fourth-order valence-corrected chi connectivity index (χ4v) is 4.58. The van der Waals surface area contributed by atoms with Crippen LogP contribution in [0.15, 0.2) is 57.1 Å². The molecule has 0 unspecified atom stereocenters. The van der Waals surface area contributed by atoms with E-state index >= 15 is 0 Å².